The Hall–Kier alpha value is -1.90. The summed E-state index contributed by atoms with van der Waals surface area (Å²) in [5.41, 5.74) is 0.175. The summed E-state index contributed by atoms with van der Waals surface area (Å²) in [5.74, 6) is 1.55. The van der Waals surface area contributed by atoms with E-state index >= 15 is 0 Å². The van der Waals surface area contributed by atoms with Crippen molar-refractivity contribution in [1.82, 2.24) is 19.6 Å². The van der Waals surface area contributed by atoms with Gasteiger partial charge in [0.05, 0.1) is 11.5 Å². The molecule has 3 rings (SSSR count). The lowest BCUT2D eigenvalue weighted by Gasteiger charge is -2.23. The molecule has 0 spiro atoms. The summed E-state index contributed by atoms with van der Waals surface area (Å²) in [5, 5.41) is 9.49. The quantitative estimate of drug-likeness (QED) is 0.788. The maximum atomic E-state index is 11.5. The number of hydrogen-bond donors (Lipinski definition) is 2. The Balaban J connectivity index is 1.83. The topological polar surface area (TPSA) is 109 Å². The molecule has 0 radical (unpaired) electrons. The maximum absolute atomic E-state index is 11.5. The highest BCUT2D eigenvalue weighted by molar-refractivity contribution is 7.91. The van der Waals surface area contributed by atoms with Gasteiger partial charge in [0.1, 0.15) is 21.5 Å². The summed E-state index contributed by atoms with van der Waals surface area (Å²) in [6.45, 7) is 1.72. The fraction of sp³-hybridized carbons (Fsp3) is 0.545. The van der Waals surface area contributed by atoms with E-state index in [9.17, 15) is 13.2 Å². The molecule has 0 atom stereocenters. The van der Waals surface area contributed by atoms with Crippen LogP contribution in [0.5, 0.6) is 0 Å². The number of nitrogens with zero attached hydrogens (tertiary/aromatic N) is 3. The Bertz CT molecular complexity index is 793. The molecule has 1 saturated heterocycles. The second-order valence-corrected chi connectivity index (χ2v) is 7.29. The summed E-state index contributed by atoms with van der Waals surface area (Å²) in [6.07, 6.45) is 1.14. The largest absolute Gasteiger partial charge is 0.367 e. The Kier molecular flexibility index (Phi) is 3.00. The van der Waals surface area contributed by atoms with Gasteiger partial charge in [-0.1, -0.05) is 0 Å². The lowest BCUT2D eigenvalue weighted by Crippen LogP contribution is -2.32. The van der Waals surface area contributed by atoms with Crippen LogP contribution in [-0.4, -0.2) is 45.5 Å². The number of rotatable bonds is 2. The Morgan fingerprint density at radius 3 is 2.80 bits per heavy atom. The van der Waals surface area contributed by atoms with Crippen LogP contribution in [0.3, 0.4) is 0 Å². The number of aromatic amines is 1. The van der Waals surface area contributed by atoms with Gasteiger partial charge >= 0.3 is 5.69 Å². The van der Waals surface area contributed by atoms with Crippen LogP contribution in [0.4, 0.5) is 5.82 Å². The van der Waals surface area contributed by atoms with Crippen molar-refractivity contribution in [2.45, 2.75) is 25.8 Å². The third-order valence-electron chi connectivity index (χ3n) is 3.48. The van der Waals surface area contributed by atoms with E-state index < -0.39 is 9.84 Å². The molecule has 0 unspecified atom stereocenters. The van der Waals surface area contributed by atoms with Gasteiger partial charge in [-0.25, -0.2) is 27.7 Å². The molecule has 3 heterocycles. The third-order valence-corrected chi connectivity index (χ3v) is 5.19. The van der Waals surface area contributed by atoms with Crippen LogP contribution in [0, 0.1) is 6.92 Å². The molecular formula is C11H15N5O3S. The van der Waals surface area contributed by atoms with Crippen LogP contribution < -0.4 is 11.0 Å². The molecule has 20 heavy (non-hydrogen) atoms. The normalized spacial score (nSPS) is 19.2. The zero-order valence-electron chi connectivity index (χ0n) is 11.0. The lowest BCUT2D eigenvalue weighted by atomic mass is 10.1. The van der Waals surface area contributed by atoms with E-state index in [2.05, 4.69) is 20.5 Å². The molecule has 1 fully saturated rings. The van der Waals surface area contributed by atoms with Gasteiger partial charge in [0.15, 0.2) is 5.65 Å². The molecular weight excluding hydrogens is 282 g/mol. The van der Waals surface area contributed by atoms with Gasteiger partial charge in [0, 0.05) is 12.1 Å². The molecule has 0 aromatic carbocycles. The summed E-state index contributed by atoms with van der Waals surface area (Å²) < 4.78 is 24.2. The van der Waals surface area contributed by atoms with E-state index in [0.29, 0.717) is 30.1 Å². The number of H-pyrrole nitrogens is 1. The monoisotopic (exact) mass is 297 g/mol. The van der Waals surface area contributed by atoms with Crippen LogP contribution >= 0.6 is 0 Å². The van der Waals surface area contributed by atoms with E-state index in [1.807, 2.05) is 0 Å². The second-order valence-electron chi connectivity index (χ2n) is 4.98. The average Bonchev–Trinajstić information content (AvgIpc) is 2.74. The van der Waals surface area contributed by atoms with E-state index in [-0.39, 0.29) is 23.2 Å². The van der Waals surface area contributed by atoms with E-state index in [1.54, 1.807) is 13.0 Å². The van der Waals surface area contributed by atoms with Crippen molar-refractivity contribution in [2.75, 3.05) is 16.8 Å². The predicted octanol–water partition coefficient (Wildman–Crippen LogP) is -0.285. The standard InChI is InChI=1S/C11H15N5O3S/c1-7-12-9(6-10-14-15-11(17)16(7)10)13-8-2-4-20(18,19)5-3-8/h6,8,13H,2-5H2,1H3,(H,15,17). The first-order valence-corrected chi connectivity index (χ1v) is 8.18. The van der Waals surface area contributed by atoms with Crippen molar-refractivity contribution in [3.8, 4) is 0 Å². The first kappa shape index (κ1) is 13.1. The van der Waals surface area contributed by atoms with E-state index in [1.165, 1.54) is 4.40 Å². The molecule has 8 nitrogen and oxygen atoms in total. The van der Waals surface area contributed by atoms with Crippen LogP contribution in [0.25, 0.3) is 5.65 Å². The smallest absolute Gasteiger partial charge is 0.349 e. The van der Waals surface area contributed by atoms with Crippen molar-refractivity contribution in [2.24, 2.45) is 0 Å². The summed E-state index contributed by atoms with van der Waals surface area (Å²) in [6, 6.07) is 1.76. The number of hydrogen-bond acceptors (Lipinski definition) is 6. The first-order chi connectivity index (χ1) is 9.44. The molecule has 0 aliphatic carbocycles. The molecule has 0 bridgehead atoms. The molecule has 0 amide bonds. The van der Waals surface area contributed by atoms with Crippen LogP contribution in [0.1, 0.15) is 18.7 Å². The van der Waals surface area contributed by atoms with Crippen LogP contribution in [0.2, 0.25) is 0 Å². The van der Waals surface area contributed by atoms with Gasteiger partial charge in [-0.15, -0.1) is 0 Å². The second kappa shape index (κ2) is 4.58. The third kappa shape index (κ3) is 2.40. The number of nitrogens with one attached hydrogen (secondary N) is 2. The summed E-state index contributed by atoms with van der Waals surface area (Å²) >= 11 is 0. The molecule has 2 aromatic heterocycles. The molecule has 9 heteroatoms. The predicted molar refractivity (Wildman–Crippen MR) is 73.6 cm³/mol. The highest BCUT2D eigenvalue weighted by atomic mass is 32.2. The maximum Gasteiger partial charge on any atom is 0.349 e. The van der Waals surface area contributed by atoms with Crippen molar-refractivity contribution in [3.05, 3.63) is 22.4 Å². The van der Waals surface area contributed by atoms with Gasteiger partial charge < -0.3 is 5.32 Å². The minimum atomic E-state index is -2.87. The van der Waals surface area contributed by atoms with Gasteiger partial charge in [0.2, 0.25) is 0 Å². The lowest BCUT2D eigenvalue weighted by molar-refractivity contribution is 0.559. The van der Waals surface area contributed by atoms with Crippen molar-refractivity contribution in [3.63, 3.8) is 0 Å². The molecule has 108 valence electrons. The zero-order chi connectivity index (χ0) is 14.3. The van der Waals surface area contributed by atoms with E-state index in [4.69, 9.17) is 0 Å². The Labute approximate surface area is 115 Å². The molecule has 2 aromatic rings. The minimum absolute atomic E-state index is 0.0820. The van der Waals surface area contributed by atoms with Crippen LogP contribution in [-0.2, 0) is 9.84 Å². The zero-order valence-corrected chi connectivity index (χ0v) is 11.8. The fourth-order valence-electron chi connectivity index (χ4n) is 2.42. The van der Waals surface area contributed by atoms with E-state index in [0.717, 1.165) is 0 Å². The number of aryl methyl sites for hydroxylation is 1. The van der Waals surface area contributed by atoms with Gasteiger partial charge in [0.25, 0.3) is 0 Å². The summed E-state index contributed by atoms with van der Waals surface area (Å²) in [7, 11) is -2.87. The average molecular weight is 297 g/mol. The minimum Gasteiger partial charge on any atom is -0.367 e. The highest BCUT2D eigenvalue weighted by Gasteiger charge is 2.23. The first-order valence-electron chi connectivity index (χ1n) is 6.36. The van der Waals surface area contributed by atoms with Crippen molar-refractivity contribution in [1.29, 1.82) is 0 Å². The van der Waals surface area contributed by atoms with Gasteiger partial charge in [-0.05, 0) is 19.8 Å². The van der Waals surface area contributed by atoms with Crippen LogP contribution in [0.15, 0.2) is 10.9 Å². The molecule has 1 aliphatic rings. The Morgan fingerprint density at radius 2 is 2.10 bits per heavy atom. The molecule has 0 saturated carbocycles. The van der Waals surface area contributed by atoms with Gasteiger partial charge in [-0.2, -0.15) is 5.10 Å². The number of sulfone groups is 1. The van der Waals surface area contributed by atoms with Crippen molar-refractivity contribution < 1.29 is 8.42 Å². The Morgan fingerprint density at radius 1 is 1.40 bits per heavy atom. The number of aromatic nitrogens is 4. The molecule has 2 N–H and O–H groups in total. The SMILES string of the molecule is Cc1nc(NC2CCS(=O)(=O)CC2)cc2n[nH]c(=O)n12. The number of fused-ring (bicyclic) bond motifs is 1. The summed E-state index contributed by atoms with van der Waals surface area (Å²) in [4.78, 5) is 15.8. The van der Waals surface area contributed by atoms with Gasteiger partial charge in [-0.3, -0.25) is 0 Å². The van der Waals surface area contributed by atoms with Crippen molar-refractivity contribution >= 4 is 21.3 Å². The number of anilines is 1. The molecule has 1 aliphatic heterocycles. The fourth-order valence-corrected chi connectivity index (χ4v) is 3.91. The highest BCUT2D eigenvalue weighted by Crippen LogP contribution is 2.17.